The summed E-state index contributed by atoms with van der Waals surface area (Å²) in [6.07, 6.45) is 0.625. The van der Waals surface area contributed by atoms with E-state index in [2.05, 4.69) is 5.32 Å². The Morgan fingerprint density at radius 1 is 1.38 bits per heavy atom. The molecule has 0 atom stereocenters. The standard InChI is InChI=1S/C9H19N3O/c1-11(2)5-4-9(13)12(3)8-6-10-7-8/h8,10H,4-7H2,1-3H3. The van der Waals surface area contributed by atoms with Crippen molar-refractivity contribution in [3.05, 3.63) is 0 Å². The van der Waals surface area contributed by atoms with Crippen molar-refractivity contribution in [1.82, 2.24) is 15.1 Å². The molecule has 0 aromatic rings. The van der Waals surface area contributed by atoms with Crippen molar-refractivity contribution in [1.29, 1.82) is 0 Å². The molecule has 0 bridgehead atoms. The third-order valence-electron chi connectivity index (χ3n) is 2.47. The second kappa shape index (κ2) is 4.58. The summed E-state index contributed by atoms with van der Waals surface area (Å²) in [5.74, 6) is 0.250. The highest BCUT2D eigenvalue weighted by molar-refractivity contribution is 5.76. The molecular formula is C9H19N3O. The summed E-state index contributed by atoms with van der Waals surface area (Å²) in [7, 11) is 5.86. The van der Waals surface area contributed by atoms with Crippen LogP contribution in [-0.2, 0) is 4.79 Å². The lowest BCUT2D eigenvalue weighted by Crippen LogP contribution is -2.57. The van der Waals surface area contributed by atoms with Crippen molar-refractivity contribution < 1.29 is 4.79 Å². The van der Waals surface area contributed by atoms with Gasteiger partial charge in [-0.2, -0.15) is 0 Å². The van der Waals surface area contributed by atoms with Gasteiger partial charge in [0.15, 0.2) is 0 Å². The van der Waals surface area contributed by atoms with Crippen molar-refractivity contribution in [2.75, 3.05) is 40.8 Å². The Balaban J connectivity index is 2.21. The van der Waals surface area contributed by atoms with E-state index in [4.69, 9.17) is 0 Å². The Morgan fingerprint density at radius 2 is 2.00 bits per heavy atom. The summed E-state index contributed by atoms with van der Waals surface area (Å²) < 4.78 is 0. The van der Waals surface area contributed by atoms with E-state index < -0.39 is 0 Å². The third-order valence-corrected chi connectivity index (χ3v) is 2.47. The van der Waals surface area contributed by atoms with Gasteiger partial charge in [0, 0.05) is 33.1 Å². The molecule has 1 fully saturated rings. The summed E-state index contributed by atoms with van der Waals surface area (Å²) in [6, 6.07) is 0.426. The monoisotopic (exact) mass is 185 g/mol. The molecule has 4 heteroatoms. The minimum absolute atomic E-state index is 0.250. The molecule has 1 N–H and O–H groups in total. The van der Waals surface area contributed by atoms with Crippen LogP contribution < -0.4 is 5.32 Å². The van der Waals surface area contributed by atoms with E-state index in [-0.39, 0.29) is 5.91 Å². The average Bonchev–Trinajstić information content (AvgIpc) is 1.96. The molecule has 76 valence electrons. The predicted molar refractivity (Wildman–Crippen MR) is 52.6 cm³/mol. The van der Waals surface area contributed by atoms with E-state index in [1.807, 2.05) is 30.9 Å². The normalized spacial score (nSPS) is 17.2. The van der Waals surface area contributed by atoms with Crippen molar-refractivity contribution >= 4 is 5.91 Å². The molecule has 0 aromatic carbocycles. The molecule has 1 aliphatic heterocycles. The van der Waals surface area contributed by atoms with Crippen LogP contribution in [0.1, 0.15) is 6.42 Å². The highest BCUT2D eigenvalue weighted by Crippen LogP contribution is 2.03. The van der Waals surface area contributed by atoms with Gasteiger partial charge in [0.05, 0.1) is 6.04 Å². The minimum atomic E-state index is 0.250. The first-order valence-electron chi connectivity index (χ1n) is 4.72. The van der Waals surface area contributed by atoms with Crippen LogP contribution in [0, 0.1) is 0 Å². The smallest absolute Gasteiger partial charge is 0.223 e. The molecule has 0 unspecified atom stereocenters. The molecule has 1 saturated heterocycles. The van der Waals surface area contributed by atoms with E-state index in [1.165, 1.54) is 0 Å². The fraction of sp³-hybridized carbons (Fsp3) is 0.889. The average molecular weight is 185 g/mol. The molecule has 0 spiro atoms. The van der Waals surface area contributed by atoms with Gasteiger partial charge in [-0.05, 0) is 14.1 Å². The van der Waals surface area contributed by atoms with Crippen LogP contribution in [0.15, 0.2) is 0 Å². The summed E-state index contributed by atoms with van der Waals surface area (Å²) >= 11 is 0. The van der Waals surface area contributed by atoms with Gasteiger partial charge in [-0.1, -0.05) is 0 Å². The van der Waals surface area contributed by atoms with Crippen LogP contribution >= 0.6 is 0 Å². The van der Waals surface area contributed by atoms with Gasteiger partial charge >= 0.3 is 0 Å². The minimum Gasteiger partial charge on any atom is -0.340 e. The van der Waals surface area contributed by atoms with Crippen LogP contribution in [0.4, 0.5) is 0 Å². The van der Waals surface area contributed by atoms with E-state index >= 15 is 0 Å². The Labute approximate surface area is 79.9 Å². The second-order valence-electron chi connectivity index (χ2n) is 3.87. The number of hydrogen-bond donors (Lipinski definition) is 1. The maximum Gasteiger partial charge on any atom is 0.223 e. The summed E-state index contributed by atoms with van der Waals surface area (Å²) in [5.41, 5.74) is 0. The number of nitrogens with zero attached hydrogens (tertiary/aromatic N) is 2. The number of nitrogens with one attached hydrogen (secondary N) is 1. The van der Waals surface area contributed by atoms with E-state index in [1.54, 1.807) is 0 Å². The Kier molecular flexibility index (Phi) is 3.69. The quantitative estimate of drug-likeness (QED) is 0.633. The molecule has 0 aromatic heterocycles. The zero-order valence-corrected chi connectivity index (χ0v) is 8.71. The number of rotatable bonds is 4. The molecule has 4 nitrogen and oxygen atoms in total. The van der Waals surface area contributed by atoms with Crippen molar-refractivity contribution in [3.63, 3.8) is 0 Å². The van der Waals surface area contributed by atoms with E-state index in [9.17, 15) is 4.79 Å². The molecule has 1 aliphatic rings. The Morgan fingerprint density at radius 3 is 2.38 bits per heavy atom. The van der Waals surface area contributed by atoms with Crippen LogP contribution in [0.5, 0.6) is 0 Å². The number of amides is 1. The van der Waals surface area contributed by atoms with Crippen molar-refractivity contribution in [3.8, 4) is 0 Å². The number of carbonyl (C=O) groups excluding carboxylic acids is 1. The molecular weight excluding hydrogens is 166 g/mol. The van der Waals surface area contributed by atoms with Crippen molar-refractivity contribution in [2.24, 2.45) is 0 Å². The number of hydrogen-bond acceptors (Lipinski definition) is 3. The first kappa shape index (κ1) is 10.5. The second-order valence-corrected chi connectivity index (χ2v) is 3.87. The number of likely N-dealkylation sites (N-methyl/N-ethyl adjacent to an activating group) is 1. The summed E-state index contributed by atoms with van der Waals surface area (Å²) in [5, 5.41) is 3.16. The third kappa shape index (κ3) is 2.97. The molecule has 1 rings (SSSR count). The molecule has 0 radical (unpaired) electrons. The summed E-state index contributed by atoms with van der Waals surface area (Å²) in [6.45, 7) is 2.73. The largest absolute Gasteiger partial charge is 0.340 e. The molecule has 1 heterocycles. The maximum atomic E-state index is 11.6. The Bertz CT molecular complexity index is 178. The SMILES string of the molecule is CN(C)CCC(=O)N(C)C1CNC1. The lowest BCUT2D eigenvalue weighted by Gasteiger charge is -2.35. The van der Waals surface area contributed by atoms with Crippen LogP contribution in [0.3, 0.4) is 0 Å². The molecule has 1 amide bonds. The van der Waals surface area contributed by atoms with Crippen LogP contribution in [0.25, 0.3) is 0 Å². The van der Waals surface area contributed by atoms with Gasteiger partial charge in [0.1, 0.15) is 0 Å². The van der Waals surface area contributed by atoms with E-state index in [0.717, 1.165) is 19.6 Å². The van der Waals surface area contributed by atoms with Crippen LogP contribution in [0.2, 0.25) is 0 Å². The summed E-state index contributed by atoms with van der Waals surface area (Å²) in [4.78, 5) is 15.4. The van der Waals surface area contributed by atoms with Crippen molar-refractivity contribution in [2.45, 2.75) is 12.5 Å². The fourth-order valence-electron chi connectivity index (χ4n) is 1.25. The van der Waals surface area contributed by atoms with Gasteiger partial charge < -0.3 is 15.1 Å². The lowest BCUT2D eigenvalue weighted by atomic mass is 10.1. The van der Waals surface area contributed by atoms with Gasteiger partial charge in [-0.3, -0.25) is 4.79 Å². The Hall–Kier alpha value is -0.610. The zero-order chi connectivity index (χ0) is 9.84. The topological polar surface area (TPSA) is 35.6 Å². The van der Waals surface area contributed by atoms with E-state index in [0.29, 0.717) is 12.5 Å². The zero-order valence-electron chi connectivity index (χ0n) is 8.71. The van der Waals surface area contributed by atoms with Gasteiger partial charge in [0.25, 0.3) is 0 Å². The molecule has 0 aliphatic carbocycles. The lowest BCUT2D eigenvalue weighted by molar-refractivity contribution is -0.133. The predicted octanol–water partition coefficient (Wildman–Crippen LogP) is -0.632. The first-order valence-corrected chi connectivity index (χ1v) is 4.72. The van der Waals surface area contributed by atoms with Gasteiger partial charge in [-0.15, -0.1) is 0 Å². The molecule has 13 heavy (non-hydrogen) atoms. The fourth-order valence-corrected chi connectivity index (χ4v) is 1.25. The maximum absolute atomic E-state index is 11.6. The molecule has 0 saturated carbocycles. The van der Waals surface area contributed by atoms with Gasteiger partial charge in [-0.25, -0.2) is 0 Å². The first-order chi connectivity index (χ1) is 6.11. The number of carbonyl (C=O) groups is 1. The highest BCUT2D eigenvalue weighted by atomic mass is 16.2. The van der Waals surface area contributed by atoms with Gasteiger partial charge in [0.2, 0.25) is 5.91 Å². The highest BCUT2D eigenvalue weighted by Gasteiger charge is 2.24. The van der Waals surface area contributed by atoms with Crippen LogP contribution in [-0.4, -0.2) is 62.5 Å².